The van der Waals surface area contributed by atoms with E-state index in [0.717, 1.165) is 18.4 Å². The second-order valence-electron chi connectivity index (χ2n) is 5.16. The van der Waals surface area contributed by atoms with E-state index in [9.17, 15) is 9.18 Å². The molecular formula is C16H14ClFN2O. The first-order chi connectivity index (χ1) is 10.1. The van der Waals surface area contributed by atoms with Gasteiger partial charge in [-0.25, -0.2) is 4.98 Å². The van der Waals surface area contributed by atoms with Crippen molar-refractivity contribution in [2.75, 3.05) is 0 Å². The Balaban J connectivity index is 1.81. The molecule has 2 aromatic rings. The molecule has 3 rings (SSSR count). The molecule has 0 atom stereocenters. The zero-order chi connectivity index (χ0) is 14.8. The van der Waals surface area contributed by atoms with Gasteiger partial charge in [0.05, 0.1) is 0 Å². The minimum absolute atomic E-state index is 0.159. The average Bonchev–Trinajstić information content (AvgIpc) is 3.30. The maximum atomic E-state index is 13.2. The third-order valence-corrected chi connectivity index (χ3v) is 3.74. The molecule has 1 fully saturated rings. The van der Waals surface area contributed by atoms with Gasteiger partial charge in [-0.1, -0.05) is 23.7 Å². The van der Waals surface area contributed by atoms with Crippen LogP contribution >= 0.6 is 11.6 Å². The maximum absolute atomic E-state index is 13.2. The SMILES string of the molecule is O=C(c1ccnc(F)c1)N(Cc1ccc(Cl)cc1)C1CC1. The Kier molecular flexibility index (Phi) is 3.88. The van der Waals surface area contributed by atoms with Crippen molar-refractivity contribution in [3.63, 3.8) is 0 Å². The smallest absolute Gasteiger partial charge is 0.254 e. The standard InChI is InChI=1S/C16H14ClFN2O/c17-13-3-1-11(2-4-13)10-20(14-5-6-14)16(21)12-7-8-19-15(18)9-12/h1-4,7-9,14H,5-6,10H2. The first-order valence-electron chi connectivity index (χ1n) is 6.80. The summed E-state index contributed by atoms with van der Waals surface area (Å²) < 4.78 is 13.2. The number of amides is 1. The van der Waals surface area contributed by atoms with Crippen molar-refractivity contribution in [2.45, 2.75) is 25.4 Å². The van der Waals surface area contributed by atoms with Gasteiger partial charge < -0.3 is 4.90 Å². The number of pyridine rings is 1. The number of aromatic nitrogens is 1. The van der Waals surface area contributed by atoms with Crippen LogP contribution in [0.1, 0.15) is 28.8 Å². The molecule has 1 aromatic carbocycles. The summed E-state index contributed by atoms with van der Waals surface area (Å²) in [6.45, 7) is 0.505. The highest BCUT2D eigenvalue weighted by atomic mass is 35.5. The van der Waals surface area contributed by atoms with Crippen LogP contribution in [-0.2, 0) is 6.54 Å². The molecule has 0 unspecified atom stereocenters. The maximum Gasteiger partial charge on any atom is 0.254 e. The van der Waals surface area contributed by atoms with Crippen LogP contribution < -0.4 is 0 Å². The summed E-state index contributed by atoms with van der Waals surface area (Å²) in [6, 6.07) is 10.4. The molecule has 0 aliphatic heterocycles. The summed E-state index contributed by atoms with van der Waals surface area (Å²) in [7, 11) is 0. The van der Waals surface area contributed by atoms with Gasteiger partial charge >= 0.3 is 0 Å². The van der Waals surface area contributed by atoms with Crippen molar-refractivity contribution in [1.29, 1.82) is 0 Å². The van der Waals surface area contributed by atoms with Gasteiger partial charge in [0.2, 0.25) is 5.95 Å². The van der Waals surface area contributed by atoms with Gasteiger partial charge in [-0.15, -0.1) is 0 Å². The summed E-state index contributed by atoms with van der Waals surface area (Å²) in [4.78, 5) is 17.8. The van der Waals surface area contributed by atoms with E-state index in [2.05, 4.69) is 4.98 Å². The lowest BCUT2D eigenvalue weighted by Gasteiger charge is -2.22. The van der Waals surface area contributed by atoms with E-state index in [4.69, 9.17) is 11.6 Å². The third kappa shape index (κ3) is 3.39. The van der Waals surface area contributed by atoms with E-state index in [1.807, 2.05) is 12.1 Å². The lowest BCUT2D eigenvalue weighted by atomic mass is 10.1. The second-order valence-corrected chi connectivity index (χ2v) is 5.59. The Morgan fingerprint density at radius 2 is 2.00 bits per heavy atom. The van der Waals surface area contributed by atoms with Gasteiger partial charge in [-0.2, -0.15) is 4.39 Å². The molecule has 0 spiro atoms. The number of carbonyl (C=O) groups excluding carboxylic acids is 1. The highest BCUT2D eigenvalue weighted by Crippen LogP contribution is 2.30. The topological polar surface area (TPSA) is 33.2 Å². The van der Waals surface area contributed by atoms with Gasteiger partial charge in [-0.3, -0.25) is 4.79 Å². The van der Waals surface area contributed by atoms with Crippen molar-refractivity contribution in [1.82, 2.24) is 9.88 Å². The second kappa shape index (κ2) is 5.82. The molecule has 3 nitrogen and oxygen atoms in total. The van der Waals surface area contributed by atoms with Gasteiger partial charge in [0.1, 0.15) is 0 Å². The van der Waals surface area contributed by atoms with E-state index in [1.165, 1.54) is 12.3 Å². The van der Waals surface area contributed by atoms with E-state index >= 15 is 0 Å². The molecule has 0 saturated heterocycles. The first-order valence-corrected chi connectivity index (χ1v) is 7.18. The molecule has 1 aliphatic rings. The summed E-state index contributed by atoms with van der Waals surface area (Å²) in [6.07, 6.45) is 3.30. The largest absolute Gasteiger partial charge is 0.331 e. The van der Waals surface area contributed by atoms with Gasteiger partial charge in [-0.05, 0) is 36.6 Å². The van der Waals surface area contributed by atoms with E-state index in [0.29, 0.717) is 17.1 Å². The molecule has 1 heterocycles. The van der Waals surface area contributed by atoms with Crippen molar-refractivity contribution in [3.05, 3.63) is 64.7 Å². The van der Waals surface area contributed by atoms with E-state index in [-0.39, 0.29) is 11.9 Å². The third-order valence-electron chi connectivity index (χ3n) is 3.49. The number of hydrogen-bond donors (Lipinski definition) is 0. The summed E-state index contributed by atoms with van der Waals surface area (Å²) in [5.41, 5.74) is 1.34. The highest BCUT2D eigenvalue weighted by Gasteiger charge is 2.33. The molecule has 0 bridgehead atoms. The van der Waals surface area contributed by atoms with Crippen LogP contribution in [0.2, 0.25) is 5.02 Å². The fourth-order valence-electron chi connectivity index (χ4n) is 2.24. The number of rotatable bonds is 4. The Bertz CT molecular complexity index is 656. The van der Waals surface area contributed by atoms with E-state index < -0.39 is 5.95 Å². The molecule has 108 valence electrons. The quantitative estimate of drug-likeness (QED) is 0.807. The van der Waals surface area contributed by atoms with E-state index in [1.54, 1.807) is 23.1 Å². The fraction of sp³-hybridized carbons (Fsp3) is 0.250. The highest BCUT2D eigenvalue weighted by molar-refractivity contribution is 6.30. The lowest BCUT2D eigenvalue weighted by Crippen LogP contribution is -2.32. The van der Waals surface area contributed by atoms with Crippen LogP contribution in [0.15, 0.2) is 42.6 Å². The van der Waals surface area contributed by atoms with Crippen LogP contribution in [0.25, 0.3) is 0 Å². The predicted molar refractivity (Wildman–Crippen MR) is 78.5 cm³/mol. The molecular weight excluding hydrogens is 291 g/mol. The molecule has 1 aliphatic carbocycles. The fourth-order valence-corrected chi connectivity index (χ4v) is 2.37. The molecule has 0 N–H and O–H groups in total. The van der Waals surface area contributed by atoms with Gasteiger partial charge in [0.25, 0.3) is 5.91 Å². The molecule has 0 radical (unpaired) electrons. The minimum Gasteiger partial charge on any atom is -0.331 e. The zero-order valence-corrected chi connectivity index (χ0v) is 12.1. The van der Waals surface area contributed by atoms with Gasteiger partial charge in [0, 0.05) is 35.4 Å². The molecule has 1 aromatic heterocycles. The average molecular weight is 305 g/mol. The van der Waals surface area contributed by atoms with Crippen LogP contribution in [0.3, 0.4) is 0 Å². The Morgan fingerprint density at radius 3 is 2.62 bits per heavy atom. The van der Waals surface area contributed by atoms with Crippen LogP contribution in [0, 0.1) is 5.95 Å². The molecule has 1 saturated carbocycles. The minimum atomic E-state index is -0.636. The predicted octanol–water partition coefficient (Wildman–Crippen LogP) is 3.68. The number of hydrogen-bond acceptors (Lipinski definition) is 2. The summed E-state index contributed by atoms with van der Waals surface area (Å²) in [5, 5.41) is 0.666. The summed E-state index contributed by atoms with van der Waals surface area (Å²) >= 11 is 5.87. The summed E-state index contributed by atoms with van der Waals surface area (Å²) in [5.74, 6) is -0.795. The number of benzene rings is 1. The van der Waals surface area contributed by atoms with Crippen LogP contribution in [-0.4, -0.2) is 21.8 Å². The number of halogens is 2. The Hall–Kier alpha value is -1.94. The van der Waals surface area contributed by atoms with Crippen molar-refractivity contribution in [3.8, 4) is 0 Å². The number of carbonyl (C=O) groups is 1. The van der Waals surface area contributed by atoms with Crippen LogP contribution in [0.4, 0.5) is 4.39 Å². The van der Waals surface area contributed by atoms with Crippen molar-refractivity contribution < 1.29 is 9.18 Å². The Morgan fingerprint density at radius 1 is 1.29 bits per heavy atom. The van der Waals surface area contributed by atoms with Crippen molar-refractivity contribution >= 4 is 17.5 Å². The van der Waals surface area contributed by atoms with Gasteiger partial charge in [0.15, 0.2) is 0 Å². The first kappa shape index (κ1) is 14.0. The molecule has 1 amide bonds. The normalized spacial score (nSPS) is 14.0. The Labute approximate surface area is 127 Å². The zero-order valence-electron chi connectivity index (χ0n) is 11.3. The number of nitrogens with zero attached hydrogens (tertiary/aromatic N) is 2. The van der Waals surface area contributed by atoms with Crippen molar-refractivity contribution in [2.24, 2.45) is 0 Å². The molecule has 21 heavy (non-hydrogen) atoms. The molecule has 5 heteroatoms. The monoisotopic (exact) mass is 304 g/mol. The lowest BCUT2D eigenvalue weighted by molar-refractivity contribution is 0.0729. The van der Waals surface area contributed by atoms with Crippen LogP contribution in [0.5, 0.6) is 0 Å².